The monoisotopic (exact) mass is 404 g/mol. The van der Waals surface area contributed by atoms with E-state index in [1.54, 1.807) is 0 Å². The zero-order valence-electron chi connectivity index (χ0n) is 17.0. The lowest BCUT2D eigenvalue weighted by atomic mass is 9.95. The maximum atomic E-state index is 9.33. The summed E-state index contributed by atoms with van der Waals surface area (Å²) in [6.07, 6.45) is 1.17. The van der Waals surface area contributed by atoms with Crippen LogP contribution < -0.4 is 9.47 Å². The second-order valence-electron chi connectivity index (χ2n) is 7.40. The van der Waals surface area contributed by atoms with Gasteiger partial charge in [0.15, 0.2) is 0 Å². The molecule has 1 N–H and O–H groups in total. The average Bonchev–Trinajstić information content (AvgIpc) is 3.07. The molecule has 0 aliphatic carbocycles. The maximum absolute atomic E-state index is 9.33. The van der Waals surface area contributed by atoms with Gasteiger partial charge >= 0.3 is 0 Å². The minimum Gasteiger partial charge on any atom is -0.494 e. The average molecular weight is 405 g/mol. The van der Waals surface area contributed by atoms with Crippen LogP contribution >= 0.6 is 11.6 Å². The van der Waals surface area contributed by atoms with E-state index in [1.807, 2.05) is 39.8 Å². The number of ether oxygens (including phenoxy) is 3. The molecule has 0 amide bonds. The fourth-order valence-electron chi connectivity index (χ4n) is 3.62. The number of aliphatic hydroxyl groups is 1. The van der Waals surface area contributed by atoms with Gasteiger partial charge in [-0.15, -0.1) is 0 Å². The Hall–Kier alpha value is -1.75. The van der Waals surface area contributed by atoms with Gasteiger partial charge in [0.2, 0.25) is 0 Å². The molecule has 1 aliphatic heterocycles. The van der Waals surface area contributed by atoms with Crippen LogP contribution in [0.5, 0.6) is 11.5 Å². The van der Waals surface area contributed by atoms with Gasteiger partial charge in [-0.25, -0.2) is 0 Å². The van der Waals surface area contributed by atoms with Gasteiger partial charge in [0.1, 0.15) is 17.6 Å². The molecular weight excluding hydrogens is 376 g/mol. The molecule has 3 rings (SSSR count). The summed E-state index contributed by atoms with van der Waals surface area (Å²) < 4.78 is 17.5. The van der Waals surface area contributed by atoms with E-state index in [1.165, 1.54) is 5.56 Å². The minimum absolute atomic E-state index is 0.0174. The van der Waals surface area contributed by atoms with E-state index in [-0.39, 0.29) is 24.9 Å². The van der Waals surface area contributed by atoms with Crippen molar-refractivity contribution in [1.82, 2.24) is 0 Å². The van der Waals surface area contributed by atoms with Crippen LogP contribution in [0.4, 0.5) is 0 Å². The van der Waals surface area contributed by atoms with Gasteiger partial charge in [0, 0.05) is 17.5 Å². The Morgan fingerprint density at radius 2 is 1.96 bits per heavy atom. The van der Waals surface area contributed by atoms with Crippen LogP contribution in [0.15, 0.2) is 30.3 Å². The maximum Gasteiger partial charge on any atom is 0.130 e. The van der Waals surface area contributed by atoms with Crippen molar-refractivity contribution in [2.45, 2.75) is 58.8 Å². The standard InChI is InChI=1S/C23H29ClO4/c1-5-26-19-8-6-17(7-9-19)11-18-12-20(16(4)27-15(3)13-25)23-21(22(18)24)10-14(2)28-23/h6-9,12,14-16,25H,5,10-11,13H2,1-4H3/t14-,15-,16+/m0/s1. The molecule has 2 aromatic carbocycles. The highest BCUT2D eigenvalue weighted by molar-refractivity contribution is 6.32. The Labute approximate surface area is 172 Å². The van der Waals surface area contributed by atoms with E-state index >= 15 is 0 Å². The van der Waals surface area contributed by atoms with Crippen LogP contribution in [0.2, 0.25) is 5.02 Å². The first kappa shape index (κ1) is 21.0. The van der Waals surface area contributed by atoms with Gasteiger partial charge in [-0.3, -0.25) is 0 Å². The number of hydrogen-bond donors (Lipinski definition) is 1. The molecule has 0 fully saturated rings. The summed E-state index contributed by atoms with van der Waals surface area (Å²) in [6, 6.07) is 10.2. The van der Waals surface area contributed by atoms with E-state index in [0.717, 1.165) is 46.1 Å². The highest BCUT2D eigenvalue weighted by atomic mass is 35.5. The largest absolute Gasteiger partial charge is 0.494 e. The molecule has 0 bridgehead atoms. The molecule has 5 heteroatoms. The molecule has 0 aromatic heterocycles. The summed E-state index contributed by atoms with van der Waals surface area (Å²) in [6.45, 7) is 8.51. The van der Waals surface area contributed by atoms with Gasteiger partial charge in [0.05, 0.1) is 30.4 Å². The van der Waals surface area contributed by atoms with Gasteiger partial charge in [0.25, 0.3) is 0 Å². The lowest BCUT2D eigenvalue weighted by Crippen LogP contribution is -2.16. The summed E-state index contributed by atoms with van der Waals surface area (Å²) in [7, 11) is 0. The van der Waals surface area contributed by atoms with Crippen molar-refractivity contribution in [3.63, 3.8) is 0 Å². The lowest BCUT2D eigenvalue weighted by Gasteiger charge is -2.22. The number of hydrogen-bond acceptors (Lipinski definition) is 4. The molecule has 0 spiro atoms. The van der Waals surface area contributed by atoms with E-state index < -0.39 is 0 Å². The Bertz CT molecular complexity index is 803. The molecule has 0 unspecified atom stereocenters. The normalized spacial score (nSPS) is 17.7. The van der Waals surface area contributed by atoms with Crippen molar-refractivity contribution in [1.29, 1.82) is 0 Å². The number of rotatable bonds is 8. The van der Waals surface area contributed by atoms with Gasteiger partial charge < -0.3 is 19.3 Å². The van der Waals surface area contributed by atoms with Crippen LogP contribution in [0, 0.1) is 0 Å². The topological polar surface area (TPSA) is 47.9 Å². The highest BCUT2D eigenvalue weighted by Crippen LogP contribution is 2.43. The molecule has 1 heterocycles. The Morgan fingerprint density at radius 3 is 2.61 bits per heavy atom. The summed E-state index contributed by atoms with van der Waals surface area (Å²) >= 11 is 6.77. The molecular formula is C23H29ClO4. The van der Waals surface area contributed by atoms with Crippen molar-refractivity contribution in [3.8, 4) is 11.5 Å². The first-order valence-electron chi connectivity index (χ1n) is 9.91. The molecule has 1 aliphatic rings. The van der Waals surface area contributed by atoms with Gasteiger partial charge in [-0.1, -0.05) is 23.7 Å². The predicted octanol–water partition coefficient (Wildman–Crippen LogP) is 5.11. The Kier molecular flexibility index (Phi) is 6.86. The fourth-order valence-corrected chi connectivity index (χ4v) is 3.91. The van der Waals surface area contributed by atoms with Crippen molar-refractivity contribution >= 4 is 11.6 Å². The third-order valence-corrected chi connectivity index (χ3v) is 5.45. The third-order valence-electron chi connectivity index (χ3n) is 4.98. The van der Waals surface area contributed by atoms with Crippen LogP contribution in [-0.4, -0.2) is 30.5 Å². The first-order valence-corrected chi connectivity index (χ1v) is 10.3. The van der Waals surface area contributed by atoms with Crippen molar-refractivity contribution < 1.29 is 19.3 Å². The van der Waals surface area contributed by atoms with Crippen LogP contribution in [-0.2, 0) is 17.6 Å². The van der Waals surface area contributed by atoms with Crippen molar-refractivity contribution in [3.05, 3.63) is 57.6 Å². The Morgan fingerprint density at radius 1 is 1.25 bits per heavy atom. The van der Waals surface area contributed by atoms with Crippen LogP contribution in [0.1, 0.15) is 56.1 Å². The highest BCUT2D eigenvalue weighted by Gasteiger charge is 2.29. The zero-order chi connectivity index (χ0) is 20.3. The molecule has 152 valence electrons. The van der Waals surface area contributed by atoms with Gasteiger partial charge in [-0.2, -0.15) is 0 Å². The first-order chi connectivity index (χ1) is 13.4. The third kappa shape index (κ3) is 4.62. The second kappa shape index (κ2) is 9.17. The van der Waals surface area contributed by atoms with Gasteiger partial charge in [-0.05, 0) is 63.4 Å². The fraction of sp³-hybridized carbons (Fsp3) is 0.478. The molecule has 3 atom stereocenters. The summed E-state index contributed by atoms with van der Waals surface area (Å²) in [5, 5.41) is 10.1. The molecule has 0 saturated heterocycles. The van der Waals surface area contributed by atoms with Crippen molar-refractivity contribution in [2.24, 2.45) is 0 Å². The number of aliphatic hydroxyl groups excluding tert-OH is 1. The molecule has 2 aromatic rings. The van der Waals surface area contributed by atoms with E-state index in [0.29, 0.717) is 6.61 Å². The summed E-state index contributed by atoms with van der Waals surface area (Å²) in [5.74, 6) is 1.71. The molecule has 0 radical (unpaired) electrons. The van der Waals surface area contributed by atoms with E-state index in [4.69, 9.17) is 25.8 Å². The zero-order valence-corrected chi connectivity index (χ0v) is 17.8. The minimum atomic E-state index is -0.241. The summed E-state index contributed by atoms with van der Waals surface area (Å²) in [4.78, 5) is 0. The molecule has 0 saturated carbocycles. The molecule has 4 nitrogen and oxygen atoms in total. The Balaban J connectivity index is 1.93. The number of halogens is 1. The SMILES string of the molecule is CCOc1ccc(Cc2cc([C@@H](C)O[C@@H](C)CO)c3c(c2Cl)C[C@H](C)O3)cc1. The number of fused-ring (bicyclic) bond motifs is 1. The summed E-state index contributed by atoms with van der Waals surface area (Å²) in [5.41, 5.74) is 4.27. The lowest BCUT2D eigenvalue weighted by molar-refractivity contribution is -0.0230. The van der Waals surface area contributed by atoms with E-state index in [9.17, 15) is 5.11 Å². The van der Waals surface area contributed by atoms with E-state index in [2.05, 4.69) is 18.2 Å². The van der Waals surface area contributed by atoms with Crippen molar-refractivity contribution in [2.75, 3.05) is 13.2 Å². The quantitative estimate of drug-likeness (QED) is 0.664. The predicted molar refractivity (Wildman–Crippen MR) is 112 cm³/mol. The smallest absolute Gasteiger partial charge is 0.130 e. The second-order valence-corrected chi connectivity index (χ2v) is 7.78. The molecule has 28 heavy (non-hydrogen) atoms. The van der Waals surface area contributed by atoms with Crippen LogP contribution in [0.25, 0.3) is 0 Å². The van der Waals surface area contributed by atoms with Crippen LogP contribution in [0.3, 0.4) is 0 Å². The number of benzene rings is 2.